The normalized spacial score (nSPS) is 46.2. The molecule has 2 aliphatic carbocycles. The van der Waals surface area contributed by atoms with Crippen LogP contribution in [0.25, 0.3) is 0 Å². The van der Waals surface area contributed by atoms with Gasteiger partial charge in [-0.05, 0) is 50.4 Å². The molecule has 0 radical (unpaired) electrons. The molecular weight excluding hydrogens is 262 g/mol. The molecule has 2 heterocycles. The number of piperazine rings is 1. The molecular formula is C17H29N3O. The van der Waals surface area contributed by atoms with Crippen molar-refractivity contribution in [2.45, 2.75) is 69.5 Å². The number of hydrogen-bond donors (Lipinski definition) is 2. The number of amides is 1. The van der Waals surface area contributed by atoms with E-state index >= 15 is 0 Å². The molecule has 4 rings (SSSR count). The standard InChI is InChI=1S/C17H29N3O/c18-16-11-3-1-4-12(16)8-13(7-11)17(21)20-9-14-5-2-6-15(10-20)19-14/h11-16,19H,1-10,18H2. The van der Waals surface area contributed by atoms with E-state index in [1.165, 1.54) is 38.5 Å². The second kappa shape index (κ2) is 5.54. The average Bonchev–Trinajstić information content (AvgIpc) is 2.46. The lowest BCUT2D eigenvalue weighted by Gasteiger charge is -2.47. The second-order valence-corrected chi connectivity index (χ2v) is 7.93. The Labute approximate surface area is 127 Å². The smallest absolute Gasteiger partial charge is 0.225 e. The number of rotatable bonds is 1. The van der Waals surface area contributed by atoms with Crippen LogP contribution in [-0.2, 0) is 4.79 Å². The van der Waals surface area contributed by atoms with Crippen molar-refractivity contribution in [3.05, 3.63) is 0 Å². The van der Waals surface area contributed by atoms with Crippen LogP contribution >= 0.6 is 0 Å². The highest BCUT2D eigenvalue weighted by molar-refractivity contribution is 5.79. The molecule has 4 fully saturated rings. The van der Waals surface area contributed by atoms with Crippen molar-refractivity contribution in [1.82, 2.24) is 10.2 Å². The fraction of sp³-hybridized carbons (Fsp3) is 0.941. The molecule has 4 bridgehead atoms. The topological polar surface area (TPSA) is 58.4 Å². The zero-order valence-electron chi connectivity index (χ0n) is 13.0. The van der Waals surface area contributed by atoms with E-state index in [0.29, 0.717) is 35.9 Å². The molecule has 0 aromatic heterocycles. The number of carbonyl (C=O) groups is 1. The zero-order valence-corrected chi connectivity index (χ0v) is 13.0. The lowest BCUT2D eigenvalue weighted by molar-refractivity contribution is -0.141. The fourth-order valence-electron chi connectivity index (χ4n) is 5.43. The number of nitrogens with two attached hydrogens (primary N) is 1. The lowest BCUT2D eigenvalue weighted by Crippen LogP contribution is -2.61. The number of nitrogens with zero attached hydrogens (tertiary/aromatic N) is 1. The van der Waals surface area contributed by atoms with Gasteiger partial charge in [0.15, 0.2) is 0 Å². The molecule has 4 unspecified atom stereocenters. The summed E-state index contributed by atoms with van der Waals surface area (Å²) >= 11 is 0. The molecule has 21 heavy (non-hydrogen) atoms. The Balaban J connectivity index is 1.43. The third kappa shape index (κ3) is 2.61. The molecule has 4 heteroatoms. The van der Waals surface area contributed by atoms with Crippen LogP contribution in [0.4, 0.5) is 0 Å². The van der Waals surface area contributed by atoms with Crippen molar-refractivity contribution in [3.63, 3.8) is 0 Å². The minimum Gasteiger partial charge on any atom is -0.339 e. The van der Waals surface area contributed by atoms with E-state index in [4.69, 9.17) is 5.73 Å². The van der Waals surface area contributed by atoms with Gasteiger partial charge in [-0.25, -0.2) is 0 Å². The van der Waals surface area contributed by atoms with Crippen molar-refractivity contribution in [3.8, 4) is 0 Å². The first-order valence-corrected chi connectivity index (χ1v) is 9.01. The minimum atomic E-state index is 0.263. The predicted octanol–water partition coefficient (Wildman–Crippen LogP) is 1.49. The van der Waals surface area contributed by atoms with E-state index < -0.39 is 0 Å². The predicted molar refractivity (Wildman–Crippen MR) is 82.7 cm³/mol. The van der Waals surface area contributed by atoms with Gasteiger partial charge in [0.2, 0.25) is 5.91 Å². The van der Waals surface area contributed by atoms with Crippen molar-refractivity contribution >= 4 is 5.91 Å². The van der Waals surface area contributed by atoms with E-state index in [-0.39, 0.29) is 5.92 Å². The van der Waals surface area contributed by atoms with Gasteiger partial charge in [0.25, 0.3) is 0 Å². The average molecular weight is 291 g/mol. The number of fused-ring (bicyclic) bond motifs is 4. The molecule has 0 aromatic rings. The molecule has 3 N–H and O–H groups in total. The number of likely N-dealkylation sites (tertiary alicyclic amines) is 1. The van der Waals surface area contributed by atoms with Crippen LogP contribution in [-0.4, -0.2) is 42.0 Å². The van der Waals surface area contributed by atoms with Crippen LogP contribution in [0.3, 0.4) is 0 Å². The molecule has 4 atom stereocenters. The Morgan fingerprint density at radius 1 is 0.952 bits per heavy atom. The van der Waals surface area contributed by atoms with Crippen LogP contribution in [0.15, 0.2) is 0 Å². The van der Waals surface area contributed by atoms with Crippen molar-refractivity contribution in [2.75, 3.05) is 13.1 Å². The number of nitrogens with one attached hydrogen (secondary N) is 1. The Morgan fingerprint density at radius 2 is 1.52 bits per heavy atom. The van der Waals surface area contributed by atoms with Gasteiger partial charge in [-0.15, -0.1) is 0 Å². The summed E-state index contributed by atoms with van der Waals surface area (Å²) in [5.74, 6) is 1.92. The summed E-state index contributed by atoms with van der Waals surface area (Å²) in [6.07, 6.45) is 9.71. The molecule has 118 valence electrons. The minimum absolute atomic E-state index is 0.263. The Bertz CT molecular complexity index is 387. The highest BCUT2D eigenvalue weighted by Gasteiger charge is 2.43. The van der Waals surface area contributed by atoms with E-state index in [9.17, 15) is 4.79 Å². The Kier molecular flexibility index (Phi) is 3.70. The van der Waals surface area contributed by atoms with Crippen molar-refractivity contribution < 1.29 is 4.79 Å². The number of piperidine rings is 1. The summed E-state index contributed by atoms with van der Waals surface area (Å²) in [4.78, 5) is 15.2. The number of carbonyl (C=O) groups excluding carboxylic acids is 1. The molecule has 0 spiro atoms. The van der Waals surface area contributed by atoms with Gasteiger partial charge in [-0.3, -0.25) is 4.79 Å². The van der Waals surface area contributed by atoms with E-state index in [1.54, 1.807) is 0 Å². The maximum absolute atomic E-state index is 13.0. The van der Waals surface area contributed by atoms with E-state index in [1.807, 2.05) is 0 Å². The maximum Gasteiger partial charge on any atom is 0.225 e. The Hall–Kier alpha value is -0.610. The monoisotopic (exact) mass is 291 g/mol. The SMILES string of the molecule is NC1C2CCCC1CC(C(=O)N1CC3CCCC(C1)N3)C2. The molecule has 2 saturated carbocycles. The van der Waals surface area contributed by atoms with Gasteiger partial charge in [0.05, 0.1) is 0 Å². The Morgan fingerprint density at radius 3 is 2.14 bits per heavy atom. The van der Waals surface area contributed by atoms with Crippen LogP contribution in [0.1, 0.15) is 51.4 Å². The lowest BCUT2D eigenvalue weighted by atomic mass is 9.65. The summed E-state index contributed by atoms with van der Waals surface area (Å²) in [5, 5.41) is 3.67. The fourth-order valence-corrected chi connectivity index (χ4v) is 5.43. The first-order chi connectivity index (χ1) is 10.2. The second-order valence-electron chi connectivity index (χ2n) is 7.93. The van der Waals surface area contributed by atoms with Gasteiger partial charge in [-0.1, -0.05) is 12.8 Å². The van der Waals surface area contributed by atoms with Crippen LogP contribution < -0.4 is 11.1 Å². The van der Waals surface area contributed by atoms with Gasteiger partial charge in [0.1, 0.15) is 0 Å². The molecule has 4 nitrogen and oxygen atoms in total. The van der Waals surface area contributed by atoms with Crippen LogP contribution in [0, 0.1) is 17.8 Å². The van der Waals surface area contributed by atoms with Gasteiger partial charge in [-0.2, -0.15) is 0 Å². The summed E-state index contributed by atoms with van der Waals surface area (Å²) in [6.45, 7) is 1.88. The van der Waals surface area contributed by atoms with Crippen LogP contribution in [0.2, 0.25) is 0 Å². The number of hydrogen-bond acceptors (Lipinski definition) is 3. The van der Waals surface area contributed by atoms with E-state index in [0.717, 1.165) is 25.9 Å². The quantitative estimate of drug-likeness (QED) is 0.769. The van der Waals surface area contributed by atoms with Crippen LogP contribution in [0.5, 0.6) is 0 Å². The largest absolute Gasteiger partial charge is 0.339 e. The highest BCUT2D eigenvalue weighted by atomic mass is 16.2. The van der Waals surface area contributed by atoms with E-state index in [2.05, 4.69) is 10.2 Å². The first kappa shape index (κ1) is 14.0. The summed E-state index contributed by atoms with van der Waals surface area (Å²) in [6, 6.07) is 1.46. The third-order valence-corrected chi connectivity index (χ3v) is 6.53. The van der Waals surface area contributed by atoms with Crippen molar-refractivity contribution in [2.24, 2.45) is 23.5 Å². The third-order valence-electron chi connectivity index (χ3n) is 6.53. The van der Waals surface area contributed by atoms with Gasteiger partial charge >= 0.3 is 0 Å². The van der Waals surface area contributed by atoms with Crippen molar-refractivity contribution in [1.29, 1.82) is 0 Å². The van der Waals surface area contributed by atoms with Gasteiger partial charge < -0.3 is 16.0 Å². The molecule has 2 aliphatic heterocycles. The molecule has 2 saturated heterocycles. The molecule has 0 aromatic carbocycles. The molecule has 4 aliphatic rings. The summed E-state index contributed by atoms with van der Waals surface area (Å²) in [7, 11) is 0. The first-order valence-electron chi connectivity index (χ1n) is 9.01. The highest BCUT2D eigenvalue weighted by Crippen LogP contribution is 2.42. The summed E-state index contributed by atoms with van der Waals surface area (Å²) in [5.41, 5.74) is 6.36. The van der Waals surface area contributed by atoms with Gasteiger partial charge in [0, 0.05) is 37.1 Å². The summed E-state index contributed by atoms with van der Waals surface area (Å²) < 4.78 is 0. The zero-order chi connectivity index (χ0) is 14.4. The maximum atomic E-state index is 13.0. The molecule has 1 amide bonds.